The Morgan fingerprint density at radius 1 is 1.21 bits per heavy atom. The SMILES string of the molecule is CC(C)C[C@@H]1NC2(CCN(S(=O)(=O)c3cccc(Cl)c3Cl)CC2)N(C2CC2)C1=O. The molecule has 1 aromatic rings. The molecule has 2 saturated heterocycles. The van der Waals surface area contributed by atoms with Crippen LogP contribution in [0.1, 0.15) is 46.0 Å². The first-order valence-corrected chi connectivity index (χ1v) is 12.4. The molecule has 0 bridgehead atoms. The molecule has 1 N–H and O–H groups in total. The molecule has 0 radical (unpaired) electrons. The second kappa shape index (κ2) is 7.68. The van der Waals surface area contributed by atoms with Gasteiger partial charge >= 0.3 is 0 Å². The molecule has 2 aliphatic heterocycles. The van der Waals surface area contributed by atoms with Gasteiger partial charge in [0, 0.05) is 19.1 Å². The van der Waals surface area contributed by atoms with E-state index in [9.17, 15) is 13.2 Å². The predicted octanol–water partition coefficient (Wildman–Crippen LogP) is 3.48. The number of nitrogens with one attached hydrogen (secondary N) is 1. The van der Waals surface area contributed by atoms with Gasteiger partial charge in [-0.3, -0.25) is 10.1 Å². The van der Waals surface area contributed by atoms with E-state index in [0.29, 0.717) is 31.8 Å². The van der Waals surface area contributed by atoms with Crippen LogP contribution in [-0.4, -0.2) is 54.4 Å². The van der Waals surface area contributed by atoms with Crippen LogP contribution in [0, 0.1) is 5.92 Å². The molecule has 1 saturated carbocycles. The highest BCUT2D eigenvalue weighted by atomic mass is 35.5. The van der Waals surface area contributed by atoms with E-state index in [-0.39, 0.29) is 32.9 Å². The molecule has 29 heavy (non-hydrogen) atoms. The van der Waals surface area contributed by atoms with E-state index in [2.05, 4.69) is 19.2 Å². The summed E-state index contributed by atoms with van der Waals surface area (Å²) in [6.45, 7) is 4.91. The van der Waals surface area contributed by atoms with Crippen LogP contribution in [0.2, 0.25) is 10.0 Å². The molecule has 1 spiro atoms. The van der Waals surface area contributed by atoms with Gasteiger partial charge in [-0.25, -0.2) is 8.42 Å². The summed E-state index contributed by atoms with van der Waals surface area (Å²) in [7, 11) is -3.74. The minimum Gasteiger partial charge on any atom is -0.320 e. The molecule has 9 heteroatoms. The number of nitrogens with zero attached hydrogens (tertiary/aromatic N) is 2. The fourth-order valence-electron chi connectivity index (χ4n) is 4.63. The van der Waals surface area contributed by atoms with Crippen molar-refractivity contribution in [3.05, 3.63) is 28.2 Å². The molecular formula is C20H27Cl2N3O3S. The van der Waals surface area contributed by atoms with Gasteiger partial charge in [0.1, 0.15) is 4.90 Å². The molecule has 160 valence electrons. The number of carbonyl (C=O) groups excluding carboxylic acids is 1. The second-order valence-electron chi connectivity index (χ2n) is 8.75. The zero-order valence-corrected chi connectivity index (χ0v) is 19.0. The summed E-state index contributed by atoms with van der Waals surface area (Å²) in [6, 6.07) is 4.76. The highest BCUT2D eigenvalue weighted by Gasteiger charge is 2.56. The topological polar surface area (TPSA) is 69.7 Å². The van der Waals surface area contributed by atoms with Crippen LogP contribution in [0.25, 0.3) is 0 Å². The number of carbonyl (C=O) groups is 1. The lowest BCUT2D eigenvalue weighted by atomic mass is 9.97. The van der Waals surface area contributed by atoms with Crippen molar-refractivity contribution in [1.82, 2.24) is 14.5 Å². The lowest BCUT2D eigenvalue weighted by Gasteiger charge is -2.44. The molecule has 2 heterocycles. The van der Waals surface area contributed by atoms with Crippen molar-refractivity contribution < 1.29 is 13.2 Å². The van der Waals surface area contributed by atoms with Crippen LogP contribution in [-0.2, 0) is 14.8 Å². The normalized spacial score (nSPS) is 25.3. The van der Waals surface area contributed by atoms with E-state index < -0.39 is 15.7 Å². The monoisotopic (exact) mass is 459 g/mol. The molecule has 6 nitrogen and oxygen atoms in total. The molecule has 0 aromatic heterocycles. The number of sulfonamides is 1. The van der Waals surface area contributed by atoms with E-state index in [1.807, 2.05) is 4.90 Å². The molecule has 1 aromatic carbocycles. The smallest absolute Gasteiger partial charge is 0.244 e. The van der Waals surface area contributed by atoms with Gasteiger partial charge in [0.25, 0.3) is 0 Å². The van der Waals surface area contributed by atoms with Gasteiger partial charge in [-0.15, -0.1) is 0 Å². The maximum atomic E-state index is 13.1. The number of amides is 1. The van der Waals surface area contributed by atoms with Crippen molar-refractivity contribution in [3.8, 4) is 0 Å². The summed E-state index contributed by atoms with van der Waals surface area (Å²) in [5.41, 5.74) is -0.443. The molecule has 1 atom stereocenters. The van der Waals surface area contributed by atoms with Crippen molar-refractivity contribution in [2.45, 2.75) is 68.6 Å². The summed E-state index contributed by atoms with van der Waals surface area (Å²) in [5.74, 6) is 0.591. The number of hydrogen-bond acceptors (Lipinski definition) is 4. The molecular weight excluding hydrogens is 433 g/mol. The second-order valence-corrected chi connectivity index (χ2v) is 11.4. The largest absolute Gasteiger partial charge is 0.320 e. The van der Waals surface area contributed by atoms with E-state index in [1.54, 1.807) is 12.1 Å². The molecule has 0 unspecified atom stereocenters. The first kappa shape index (κ1) is 21.4. The fourth-order valence-corrected chi connectivity index (χ4v) is 6.81. The highest BCUT2D eigenvalue weighted by molar-refractivity contribution is 7.89. The predicted molar refractivity (Wildman–Crippen MR) is 113 cm³/mol. The first-order chi connectivity index (χ1) is 13.7. The molecule has 4 rings (SSSR count). The standard InChI is InChI=1S/C20H27Cl2N3O3S/c1-13(2)12-16-19(26)25(14-6-7-14)20(23-16)8-10-24(11-9-20)29(27,28)17-5-3-4-15(21)18(17)22/h3-5,13-14,16,23H,6-12H2,1-2H3/t16-/m0/s1. The Morgan fingerprint density at radius 3 is 2.45 bits per heavy atom. The highest BCUT2D eigenvalue weighted by Crippen LogP contribution is 2.43. The van der Waals surface area contributed by atoms with Crippen LogP contribution in [0.3, 0.4) is 0 Å². The Morgan fingerprint density at radius 2 is 1.86 bits per heavy atom. The van der Waals surface area contributed by atoms with Crippen LogP contribution in [0.15, 0.2) is 23.1 Å². The quantitative estimate of drug-likeness (QED) is 0.731. The maximum absolute atomic E-state index is 13.1. The van der Waals surface area contributed by atoms with Crippen molar-refractivity contribution in [3.63, 3.8) is 0 Å². The summed E-state index contributed by atoms with van der Waals surface area (Å²) in [5, 5.41) is 3.88. The molecule has 1 aliphatic carbocycles. The Bertz CT molecular complexity index is 910. The van der Waals surface area contributed by atoms with Gasteiger partial charge < -0.3 is 4.90 Å². The van der Waals surface area contributed by atoms with Gasteiger partial charge in [-0.2, -0.15) is 4.31 Å². The number of rotatable bonds is 5. The zero-order valence-electron chi connectivity index (χ0n) is 16.7. The minimum absolute atomic E-state index is 0.0369. The Balaban J connectivity index is 1.55. The molecule has 3 aliphatic rings. The van der Waals surface area contributed by atoms with Crippen LogP contribution < -0.4 is 5.32 Å². The van der Waals surface area contributed by atoms with Crippen LogP contribution in [0.4, 0.5) is 0 Å². The maximum Gasteiger partial charge on any atom is 0.244 e. The first-order valence-electron chi connectivity index (χ1n) is 10.2. The third-order valence-electron chi connectivity index (χ3n) is 6.14. The lowest BCUT2D eigenvalue weighted by Crippen LogP contribution is -2.60. The Hall–Kier alpha value is -0.860. The number of piperidine rings is 1. The van der Waals surface area contributed by atoms with Gasteiger partial charge in [0.05, 0.1) is 21.7 Å². The van der Waals surface area contributed by atoms with Gasteiger partial charge in [0.2, 0.25) is 15.9 Å². The minimum atomic E-state index is -3.74. The van der Waals surface area contributed by atoms with Crippen LogP contribution in [0.5, 0.6) is 0 Å². The Kier molecular flexibility index (Phi) is 5.66. The summed E-state index contributed by atoms with van der Waals surface area (Å²) in [4.78, 5) is 15.2. The van der Waals surface area contributed by atoms with E-state index >= 15 is 0 Å². The van der Waals surface area contributed by atoms with Crippen molar-refractivity contribution >= 4 is 39.1 Å². The van der Waals surface area contributed by atoms with Gasteiger partial charge in [0.15, 0.2) is 0 Å². The molecule has 1 amide bonds. The number of benzene rings is 1. The zero-order chi connectivity index (χ0) is 21.0. The summed E-state index contributed by atoms with van der Waals surface area (Å²) >= 11 is 12.2. The average molecular weight is 460 g/mol. The number of halogens is 2. The third-order valence-corrected chi connectivity index (χ3v) is 9.01. The van der Waals surface area contributed by atoms with Crippen LogP contribution >= 0.6 is 23.2 Å². The van der Waals surface area contributed by atoms with Gasteiger partial charge in [-0.05, 0) is 50.2 Å². The van der Waals surface area contributed by atoms with E-state index in [0.717, 1.165) is 19.3 Å². The van der Waals surface area contributed by atoms with Crippen molar-refractivity contribution in [2.75, 3.05) is 13.1 Å². The van der Waals surface area contributed by atoms with E-state index in [1.165, 1.54) is 10.4 Å². The van der Waals surface area contributed by atoms with Gasteiger partial charge in [-0.1, -0.05) is 43.1 Å². The van der Waals surface area contributed by atoms with Crippen molar-refractivity contribution in [2.24, 2.45) is 5.92 Å². The average Bonchev–Trinajstić information content (AvgIpc) is 3.44. The van der Waals surface area contributed by atoms with Crippen molar-refractivity contribution in [1.29, 1.82) is 0 Å². The Labute approximate surface area is 182 Å². The fraction of sp³-hybridized carbons (Fsp3) is 0.650. The summed E-state index contributed by atoms with van der Waals surface area (Å²) in [6.07, 6.45) is 4.00. The number of hydrogen-bond donors (Lipinski definition) is 1. The lowest BCUT2D eigenvalue weighted by molar-refractivity contribution is -0.134. The summed E-state index contributed by atoms with van der Waals surface area (Å²) < 4.78 is 27.8. The third kappa shape index (κ3) is 3.81. The molecule has 3 fully saturated rings. The van der Waals surface area contributed by atoms with E-state index in [4.69, 9.17) is 23.2 Å².